The Hall–Kier alpha value is -7.36. The van der Waals surface area contributed by atoms with Crippen molar-refractivity contribution in [1.82, 2.24) is 9.97 Å². The number of furan rings is 1. The van der Waals surface area contributed by atoms with E-state index in [4.69, 9.17) is 14.4 Å². The molecule has 274 valence electrons. The van der Waals surface area contributed by atoms with Crippen LogP contribution in [-0.4, -0.2) is 9.97 Å². The number of para-hydroxylation sites is 1. The largest absolute Gasteiger partial charge is 0.456 e. The van der Waals surface area contributed by atoms with E-state index in [9.17, 15) is 0 Å². The van der Waals surface area contributed by atoms with Crippen molar-refractivity contribution in [1.29, 1.82) is 0 Å². The molecule has 0 saturated heterocycles. The molecular weight excluding hydrogens is 705 g/mol. The van der Waals surface area contributed by atoms with Crippen molar-refractivity contribution in [2.24, 2.45) is 0 Å². The number of rotatable bonds is 6. The van der Waals surface area contributed by atoms with E-state index in [-0.39, 0.29) is 5.41 Å². The molecule has 1 aliphatic rings. The summed E-state index contributed by atoms with van der Waals surface area (Å²) >= 11 is 0. The molecule has 0 amide bonds. The van der Waals surface area contributed by atoms with Gasteiger partial charge in [-0.25, -0.2) is 9.97 Å². The highest BCUT2D eigenvalue weighted by Gasteiger charge is 2.35. The Morgan fingerprint density at radius 1 is 0.345 bits per heavy atom. The zero-order valence-electron chi connectivity index (χ0n) is 32.3. The predicted octanol–water partition coefficient (Wildman–Crippen LogP) is 14.7. The number of nitrogens with zero attached hydrogens (tertiary/aromatic N) is 2. The second-order valence-electron chi connectivity index (χ2n) is 15.8. The van der Waals surface area contributed by atoms with Gasteiger partial charge in [0.15, 0.2) is 5.82 Å². The summed E-state index contributed by atoms with van der Waals surface area (Å²) in [5.74, 6) is 0.693. The van der Waals surface area contributed by atoms with Gasteiger partial charge in [0.1, 0.15) is 11.2 Å². The molecule has 10 aromatic rings. The summed E-state index contributed by atoms with van der Waals surface area (Å²) in [6.45, 7) is 4.64. The molecule has 0 spiro atoms. The summed E-state index contributed by atoms with van der Waals surface area (Å²) in [7, 11) is 0. The van der Waals surface area contributed by atoms with E-state index in [2.05, 4.69) is 178 Å². The molecule has 0 atom stereocenters. The maximum absolute atomic E-state index is 6.24. The first-order chi connectivity index (χ1) is 28.5. The van der Waals surface area contributed by atoms with Crippen LogP contribution in [0.4, 0.5) is 0 Å². The lowest BCUT2D eigenvalue weighted by molar-refractivity contribution is 0.660. The van der Waals surface area contributed by atoms with E-state index >= 15 is 0 Å². The first-order valence-corrected chi connectivity index (χ1v) is 19.9. The van der Waals surface area contributed by atoms with Crippen molar-refractivity contribution in [3.63, 3.8) is 0 Å². The van der Waals surface area contributed by atoms with Crippen LogP contribution in [-0.2, 0) is 5.41 Å². The summed E-state index contributed by atoms with van der Waals surface area (Å²) in [4.78, 5) is 10.6. The molecule has 2 aromatic heterocycles. The van der Waals surface area contributed by atoms with Crippen molar-refractivity contribution >= 4 is 21.9 Å². The first kappa shape index (κ1) is 33.9. The van der Waals surface area contributed by atoms with Crippen LogP contribution in [0.1, 0.15) is 25.0 Å². The number of aromatic nitrogens is 2. The fourth-order valence-electron chi connectivity index (χ4n) is 8.86. The van der Waals surface area contributed by atoms with Crippen LogP contribution in [0, 0.1) is 0 Å². The fourth-order valence-corrected chi connectivity index (χ4v) is 8.86. The van der Waals surface area contributed by atoms with Crippen LogP contribution in [0.15, 0.2) is 199 Å². The molecule has 3 heteroatoms. The zero-order chi connectivity index (χ0) is 38.8. The molecular formula is C55H38N2O. The van der Waals surface area contributed by atoms with Gasteiger partial charge in [0, 0.05) is 32.9 Å². The van der Waals surface area contributed by atoms with Crippen molar-refractivity contribution in [3.8, 4) is 78.4 Å². The molecule has 0 fully saturated rings. The van der Waals surface area contributed by atoms with Crippen LogP contribution in [0.25, 0.3) is 100 Å². The summed E-state index contributed by atoms with van der Waals surface area (Å²) in [5, 5.41) is 2.21. The molecule has 8 aromatic carbocycles. The molecule has 0 aliphatic heterocycles. The summed E-state index contributed by atoms with van der Waals surface area (Å²) in [5.41, 5.74) is 18.6. The van der Waals surface area contributed by atoms with Crippen LogP contribution in [0.3, 0.4) is 0 Å². The van der Waals surface area contributed by atoms with Gasteiger partial charge in [-0.15, -0.1) is 0 Å². The minimum absolute atomic E-state index is 0.0725. The maximum Gasteiger partial charge on any atom is 0.160 e. The van der Waals surface area contributed by atoms with Gasteiger partial charge in [-0.1, -0.05) is 153 Å². The molecule has 2 heterocycles. The van der Waals surface area contributed by atoms with Crippen LogP contribution >= 0.6 is 0 Å². The molecule has 11 rings (SSSR count). The smallest absolute Gasteiger partial charge is 0.160 e. The van der Waals surface area contributed by atoms with Gasteiger partial charge in [-0.05, 0) is 110 Å². The van der Waals surface area contributed by atoms with Gasteiger partial charge in [0.05, 0.1) is 11.4 Å². The van der Waals surface area contributed by atoms with Gasteiger partial charge >= 0.3 is 0 Å². The highest BCUT2D eigenvalue weighted by atomic mass is 16.3. The topological polar surface area (TPSA) is 38.9 Å². The standard InChI is InChI=1S/C55H38N2O/c1-55(2)48-22-11-9-20-44(48)46-33-40(24-26-49(46)55)50-34-51(57-54(56-50)36-16-7-4-8-17-36)43-30-41(38-19-13-18-37(28-38)35-14-5-3-6-15-35)29-42(31-43)39-25-27-53-47(32-39)45-21-10-12-23-52(45)58-53/h3-34H,1-2H3. The average Bonchev–Trinajstić information content (AvgIpc) is 3.77. The third-order valence-corrected chi connectivity index (χ3v) is 11.9. The van der Waals surface area contributed by atoms with E-state index < -0.39 is 0 Å². The Morgan fingerprint density at radius 3 is 1.69 bits per heavy atom. The molecule has 0 N–H and O–H groups in total. The lowest BCUT2D eigenvalue weighted by Crippen LogP contribution is -2.14. The van der Waals surface area contributed by atoms with Gasteiger partial charge in [0.25, 0.3) is 0 Å². The Balaban J connectivity index is 1.12. The number of benzene rings is 8. The third kappa shape index (κ3) is 5.74. The van der Waals surface area contributed by atoms with Crippen LogP contribution < -0.4 is 0 Å². The van der Waals surface area contributed by atoms with E-state index in [0.29, 0.717) is 5.82 Å². The maximum atomic E-state index is 6.24. The summed E-state index contributed by atoms with van der Waals surface area (Å²) < 4.78 is 6.24. The van der Waals surface area contributed by atoms with E-state index in [1.807, 2.05) is 30.3 Å². The van der Waals surface area contributed by atoms with E-state index in [0.717, 1.165) is 72.3 Å². The van der Waals surface area contributed by atoms with Crippen molar-refractivity contribution in [3.05, 3.63) is 205 Å². The summed E-state index contributed by atoms with van der Waals surface area (Å²) in [6, 6.07) is 69.1. The van der Waals surface area contributed by atoms with Gasteiger partial charge in [-0.2, -0.15) is 0 Å². The van der Waals surface area contributed by atoms with Gasteiger partial charge < -0.3 is 4.42 Å². The minimum atomic E-state index is -0.0725. The van der Waals surface area contributed by atoms with Gasteiger partial charge in [0.2, 0.25) is 0 Å². The molecule has 0 radical (unpaired) electrons. The second-order valence-corrected chi connectivity index (χ2v) is 15.8. The minimum Gasteiger partial charge on any atom is -0.456 e. The number of fused-ring (bicyclic) bond motifs is 6. The normalized spacial score (nSPS) is 12.8. The molecule has 0 unspecified atom stereocenters. The SMILES string of the molecule is CC1(C)c2ccccc2-c2cc(-c3cc(-c4cc(-c5cccc(-c6ccccc6)c5)cc(-c5ccc6oc7ccccc7c6c5)c4)nc(-c4ccccc4)n3)ccc21. The average molecular weight is 743 g/mol. The predicted molar refractivity (Wildman–Crippen MR) is 239 cm³/mol. The molecule has 0 saturated carbocycles. The van der Waals surface area contributed by atoms with Crippen LogP contribution in [0.5, 0.6) is 0 Å². The van der Waals surface area contributed by atoms with Gasteiger partial charge in [-0.3, -0.25) is 0 Å². The molecule has 3 nitrogen and oxygen atoms in total. The fraction of sp³-hybridized carbons (Fsp3) is 0.0545. The quantitative estimate of drug-likeness (QED) is 0.170. The molecule has 0 bridgehead atoms. The van der Waals surface area contributed by atoms with E-state index in [1.54, 1.807) is 0 Å². The molecule has 58 heavy (non-hydrogen) atoms. The van der Waals surface area contributed by atoms with Crippen molar-refractivity contribution in [2.75, 3.05) is 0 Å². The highest BCUT2D eigenvalue weighted by molar-refractivity contribution is 6.06. The lowest BCUT2D eigenvalue weighted by Gasteiger charge is -2.21. The second kappa shape index (κ2) is 13.4. The Kier molecular flexibility index (Phi) is 7.84. The Labute approximate surface area is 338 Å². The zero-order valence-corrected chi connectivity index (χ0v) is 32.3. The van der Waals surface area contributed by atoms with E-state index in [1.165, 1.54) is 33.4 Å². The monoisotopic (exact) mass is 742 g/mol. The lowest BCUT2D eigenvalue weighted by atomic mass is 9.82. The van der Waals surface area contributed by atoms with Crippen molar-refractivity contribution in [2.45, 2.75) is 19.3 Å². The number of hydrogen-bond donors (Lipinski definition) is 0. The number of hydrogen-bond acceptors (Lipinski definition) is 3. The van der Waals surface area contributed by atoms with Crippen LogP contribution in [0.2, 0.25) is 0 Å². The first-order valence-electron chi connectivity index (χ1n) is 19.9. The Bertz CT molecular complexity index is 3190. The third-order valence-electron chi connectivity index (χ3n) is 11.9. The summed E-state index contributed by atoms with van der Waals surface area (Å²) in [6.07, 6.45) is 0. The highest BCUT2D eigenvalue weighted by Crippen LogP contribution is 2.49. The van der Waals surface area contributed by atoms with Crippen molar-refractivity contribution < 1.29 is 4.42 Å². The molecule has 1 aliphatic carbocycles. The Morgan fingerprint density at radius 2 is 0.897 bits per heavy atom.